The van der Waals surface area contributed by atoms with E-state index in [0.717, 1.165) is 11.3 Å². The zero-order chi connectivity index (χ0) is 18.5. The van der Waals surface area contributed by atoms with Crippen molar-refractivity contribution in [1.29, 1.82) is 0 Å². The summed E-state index contributed by atoms with van der Waals surface area (Å²) in [6, 6.07) is 12.4. The number of carbonyl (C=O) groups excluding carboxylic acids is 1. The van der Waals surface area contributed by atoms with E-state index in [1.165, 1.54) is 0 Å². The van der Waals surface area contributed by atoms with Gasteiger partial charge in [-0.05, 0) is 31.2 Å². The standard InChI is InChI=1S/C19H21N5O2/c1-12(2)17-23-19(26-24-17)14-9-10-20-16(11-14)21-13(3)18(25)22-15-7-5-4-6-8-15/h4-13H,1-3H3,(H,20,21)(H,22,25). The van der Waals surface area contributed by atoms with Crippen molar-refractivity contribution in [3.8, 4) is 11.5 Å². The first-order valence-electron chi connectivity index (χ1n) is 8.45. The highest BCUT2D eigenvalue weighted by Crippen LogP contribution is 2.22. The minimum Gasteiger partial charge on any atom is -0.359 e. The second-order valence-corrected chi connectivity index (χ2v) is 6.26. The van der Waals surface area contributed by atoms with Crippen LogP contribution < -0.4 is 10.6 Å². The van der Waals surface area contributed by atoms with Gasteiger partial charge in [-0.1, -0.05) is 37.2 Å². The van der Waals surface area contributed by atoms with Gasteiger partial charge in [0.1, 0.15) is 11.9 Å². The number of para-hydroxylation sites is 1. The van der Waals surface area contributed by atoms with Gasteiger partial charge in [0.05, 0.1) is 0 Å². The summed E-state index contributed by atoms with van der Waals surface area (Å²) in [5.74, 6) is 1.68. The Morgan fingerprint density at radius 3 is 2.58 bits per heavy atom. The minimum absolute atomic E-state index is 0.150. The number of benzene rings is 1. The van der Waals surface area contributed by atoms with E-state index in [2.05, 4.69) is 25.8 Å². The molecule has 1 unspecified atom stereocenters. The number of carbonyl (C=O) groups is 1. The number of nitrogens with zero attached hydrogens (tertiary/aromatic N) is 3. The maximum Gasteiger partial charge on any atom is 0.258 e. The van der Waals surface area contributed by atoms with Gasteiger partial charge in [-0.25, -0.2) is 4.98 Å². The zero-order valence-electron chi connectivity index (χ0n) is 14.9. The molecule has 134 valence electrons. The van der Waals surface area contributed by atoms with Gasteiger partial charge in [-0.3, -0.25) is 4.79 Å². The van der Waals surface area contributed by atoms with Gasteiger partial charge in [-0.2, -0.15) is 4.98 Å². The number of aromatic nitrogens is 3. The lowest BCUT2D eigenvalue weighted by Gasteiger charge is -2.14. The average Bonchev–Trinajstić information content (AvgIpc) is 3.13. The van der Waals surface area contributed by atoms with Crippen molar-refractivity contribution in [2.75, 3.05) is 10.6 Å². The molecule has 0 aliphatic rings. The van der Waals surface area contributed by atoms with E-state index >= 15 is 0 Å². The Bertz CT molecular complexity index is 876. The Balaban J connectivity index is 1.68. The third-order valence-electron chi connectivity index (χ3n) is 3.76. The van der Waals surface area contributed by atoms with Crippen LogP contribution in [0.1, 0.15) is 32.5 Å². The molecule has 1 atom stereocenters. The van der Waals surface area contributed by atoms with Crippen molar-refractivity contribution in [2.45, 2.75) is 32.7 Å². The second kappa shape index (κ2) is 7.77. The van der Waals surface area contributed by atoms with Crippen LogP contribution >= 0.6 is 0 Å². The van der Waals surface area contributed by atoms with E-state index in [4.69, 9.17) is 4.52 Å². The highest BCUT2D eigenvalue weighted by molar-refractivity contribution is 5.96. The third kappa shape index (κ3) is 4.24. The molecule has 2 N–H and O–H groups in total. The average molecular weight is 351 g/mol. The van der Waals surface area contributed by atoms with E-state index in [0.29, 0.717) is 17.5 Å². The lowest BCUT2D eigenvalue weighted by molar-refractivity contribution is -0.116. The lowest BCUT2D eigenvalue weighted by atomic mass is 10.2. The van der Waals surface area contributed by atoms with Gasteiger partial charge in [0, 0.05) is 23.4 Å². The molecular weight excluding hydrogens is 330 g/mol. The Morgan fingerprint density at radius 1 is 1.12 bits per heavy atom. The summed E-state index contributed by atoms with van der Waals surface area (Å²) in [6.07, 6.45) is 1.64. The number of amides is 1. The predicted molar refractivity (Wildman–Crippen MR) is 99.8 cm³/mol. The van der Waals surface area contributed by atoms with Crippen molar-refractivity contribution < 1.29 is 9.32 Å². The van der Waals surface area contributed by atoms with Crippen LogP contribution in [0, 0.1) is 0 Å². The Labute approximate surface area is 151 Å². The first-order valence-corrected chi connectivity index (χ1v) is 8.45. The second-order valence-electron chi connectivity index (χ2n) is 6.26. The number of rotatable bonds is 6. The monoisotopic (exact) mass is 351 g/mol. The normalized spacial score (nSPS) is 12.0. The van der Waals surface area contributed by atoms with Gasteiger partial charge < -0.3 is 15.2 Å². The number of hydrogen-bond donors (Lipinski definition) is 2. The summed E-state index contributed by atoms with van der Waals surface area (Å²) < 4.78 is 5.30. The first-order chi connectivity index (χ1) is 12.5. The molecule has 0 radical (unpaired) electrons. The van der Waals surface area contributed by atoms with Crippen LogP contribution in [-0.2, 0) is 4.79 Å². The molecule has 7 heteroatoms. The van der Waals surface area contributed by atoms with Crippen molar-refractivity contribution in [3.05, 3.63) is 54.5 Å². The SMILES string of the molecule is CC(Nc1cc(-c2nc(C(C)C)no2)ccn1)C(=O)Nc1ccccc1. The molecule has 0 aliphatic carbocycles. The molecule has 0 saturated heterocycles. The van der Waals surface area contributed by atoms with Gasteiger partial charge in [0.2, 0.25) is 5.91 Å². The predicted octanol–water partition coefficient (Wildman–Crippen LogP) is 3.69. The highest BCUT2D eigenvalue weighted by Gasteiger charge is 2.15. The van der Waals surface area contributed by atoms with Crippen LogP contribution in [0.3, 0.4) is 0 Å². The fourth-order valence-electron chi connectivity index (χ4n) is 2.29. The van der Waals surface area contributed by atoms with Crippen LogP contribution in [0.2, 0.25) is 0 Å². The van der Waals surface area contributed by atoms with Crippen LogP contribution in [0.4, 0.5) is 11.5 Å². The lowest BCUT2D eigenvalue weighted by Crippen LogP contribution is -2.32. The molecule has 0 aliphatic heterocycles. The third-order valence-corrected chi connectivity index (χ3v) is 3.76. The van der Waals surface area contributed by atoms with Crippen molar-refractivity contribution in [2.24, 2.45) is 0 Å². The van der Waals surface area contributed by atoms with Gasteiger partial charge in [0.25, 0.3) is 5.89 Å². The van der Waals surface area contributed by atoms with Crippen LogP contribution in [0.25, 0.3) is 11.5 Å². The summed E-state index contributed by atoms with van der Waals surface area (Å²) in [4.78, 5) is 20.9. The van der Waals surface area contributed by atoms with E-state index < -0.39 is 6.04 Å². The molecule has 0 saturated carbocycles. The molecular formula is C19H21N5O2. The van der Waals surface area contributed by atoms with E-state index in [1.54, 1.807) is 25.3 Å². The summed E-state index contributed by atoms with van der Waals surface area (Å²) in [5.41, 5.74) is 1.50. The summed E-state index contributed by atoms with van der Waals surface area (Å²) in [6.45, 7) is 5.78. The molecule has 26 heavy (non-hydrogen) atoms. The Morgan fingerprint density at radius 2 is 1.88 bits per heavy atom. The smallest absolute Gasteiger partial charge is 0.258 e. The topological polar surface area (TPSA) is 92.9 Å². The highest BCUT2D eigenvalue weighted by atomic mass is 16.5. The number of nitrogens with one attached hydrogen (secondary N) is 2. The maximum atomic E-state index is 12.3. The van der Waals surface area contributed by atoms with Crippen LogP contribution in [-0.4, -0.2) is 27.1 Å². The Hall–Kier alpha value is -3.22. The quantitative estimate of drug-likeness (QED) is 0.703. The molecule has 2 aromatic heterocycles. The Kier molecular flexibility index (Phi) is 5.26. The van der Waals surface area contributed by atoms with Crippen LogP contribution in [0.5, 0.6) is 0 Å². The molecule has 1 amide bonds. The zero-order valence-corrected chi connectivity index (χ0v) is 14.9. The van der Waals surface area contributed by atoms with Gasteiger partial charge in [0.15, 0.2) is 5.82 Å². The molecule has 0 bridgehead atoms. The van der Waals surface area contributed by atoms with Crippen molar-refractivity contribution in [1.82, 2.24) is 15.1 Å². The van der Waals surface area contributed by atoms with Crippen molar-refractivity contribution in [3.63, 3.8) is 0 Å². The minimum atomic E-state index is -0.466. The summed E-state index contributed by atoms with van der Waals surface area (Å²) >= 11 is 0. The largest absolute Gasteiger partial charge is 0.359 e. The molecule has 2 heterocycles. The molecule has 3 rings (SSSR count). The van der Waals surface area contributed by atoms with Gasteiger partial charge in [-0.15, -0.1) is 0 Å². The molecule has 0 fully saturated rings. The number of pyridine rings is 1. The first kappa shape index (κ1) is 17.6. The molecule has 3 aromatic rings. The summed E-state index contributed by atoms with van der Waals surface area (Å²) in [7, 11) is 0. The van der Waals surface area contributed by atoms with E-state index in [9.17, 15) is 4.79 Å². The fraction of sp³-hybridized carbons (Fsp3) is 0.263. The molecule has 7 nitrogen and oxygen atoms in total. The maximum absolute atomic E-state index is 12.3. The van der Waals surface area contributed by atoms with E-state index in [-0.39, 0.29) is 11.8 Å². The summed E-state index contributed by atoms with van der Waals surface area (Å²) in [5, 5.41) is 9.91. The molecule has 1 aromatic carbocycles. The van der Waals surface area contributed by atoms with Crippen LogP contribution in [0.15, 0.2) is 53.2 Å². The number of anilines is 2. The van der Waals surface area contributed by atoms with E-state index in [1.807, 2.05) is 44.2 Å². The molecule has 0 spiro atoms. The van der Waals surface area contributed by atoms with Gasteiger partial charge >= 0.3 is 0 Å². The fourth-order valence-corrected chi connectivity index (χ4v) is 2.29. The van der Waals surface area contributed by atoms with Crippen molar-refractivity contribution >= 4 is 17.4 Å². The number of hydrogen-bond acceptors (Lipinski definition) is 6.